The Kier molecular flexibility index (Phi) is 2.57. The number of imidazole rings is 1. The molecule has 2 aliphatic heterocycles. The van der Waals surface area contributed by atoms with Gasteiger partial charge in [0, 0.05) is 12.6 Å². The highest BCUT2D eigenvalue weighted by Crippen LogP contribution is 2.51. The number of allylic oxidation sites excluding steroid dienone is 5. The van der Waals surface area contributed by atoms with Gasteiger partial charge in [0.15, 0.2) is 5.12 Å². The molecule has 1 aliphatic carbocycles. The molecule has 3 heterocycles. The lowest BCUT2D eigenvalue weighted by Crippen LogP contribution is -2.45. The molecule has 5 heteroatoms. The molecule has 0 aromatic carbocycles. The minimum atomic E-state index is -0.191. The fourth-order valence-electron chi connectivity index (χ4n) is 3.36. The molecule has 0 saturated heterocycles. The van der Waals surface area contributed by atoms with Crippen LogP contribution in [-0.4, -0.2) is 20.2 Å². The molecule has 1 spiro atoms. The molecule has 3 aliphatic rings. The minimum Gasteiger partial charge on any atom is -0.300 e. The summed E-state index contributed by atoms with van der Waals surface area (Å²) in [6.45, 7) is 3.69. The van der Waals surface area contributed by atoms with Crippen LogP contribution in [0, 0.1) is 0 Å². The van der Waals surface area contributed by atoms with Crippen LogP contribution in [0.5, 0.6) is 0 Å². The summed E-state index contributed by atoms with van der Waals surface area (Å²) in [6.07, 6.45) is 15.5. The number of hydrogen-bond acceptors (Lipinski definition) is 4. The lowest BCUT2D eigenvalue weighted by Gasteiger charge is -2.39. The largest absolute Gasteiger partial charge is 0.300 e. The molecule has 1 aromatic rings. The van der Waals surface area contributed by atoms with Crippen molar-refractivity contribution >= 4 is 28.5 Å². The molecule has 1 atom stereocenters. The van der Waals surface area contributed by atoms with Gasteiger partial charge < -0.3 is 4.90 Å². The van der Waals surface area contributed by atoms with E-state index in [4.69, 9.17) is 0 Å². The van der Waals surface area contributed by atoms with Crippen LogP contribution >= 0.6 is 11.8 Å². The van der Waals surface area contributed by atoms with Gasteiger partial charge in [-0.25, -0.2) is 4.98 Å². The maximum Gasteiger partial charge on any atom is 0.216 e. The van der Waals surface area contributed by atoms with Crippen molar-refractivity contribution in [2.45, 2.75) is 30.8 Å². The molecule has 0 fully saturated rings. The summed E-state index contributed by atoms with van der Waals surface area (Å²) in [4.78, 5) is 18.3. The van der Waals surface area contributed by atoms with E-state index in [1.165, 1.54) is 23.2 Å². The highest BCUT2D eigenvalue weighted by Gasteiger charge is 2.49. The molecule has 0 bridgehead atoms. The van der Waals surface area contributed by atoms with E-state index in [0.717, 1.165) is 17.4 Å². The topological polar surface area (TPSA) is 38.1 Å². The molecule has 4 rings (SSSR count). The monoisotopic (exact) mass is 297 g/mol. The highest BCUT2D eigenvalue weighted by molar-refractivity contribution is 8.13. The first-order valence-corrected chi connectivity index (χ1v) is 7.75. The van der Waals surface area contributed by atoms with E-state index >= 15 is 0 Å². The lowest BCUT2D eigenvalue weighted by atomic mass is 9.84. The van der Waals surface area contributed by atoms with E-state index in [1.54, 1.807) is 13.1 Å². The summed E-state index contributed by atoms with van der Waals surface area (Å²) in [7, 11) is 0. The molecular weight excluding hydrogens is 282 g/mol. The van der Waals surface area contributed by atoms with Crippen LogP contribution in [0.3, 0.4) is 0 Å². The summed E-state index contributed by atoms with van der Waals surface area (Å²) < 4.78 is 2.11. The number of hydrogen-bond donors (Lipinski definition) is 0. The third kappa shape index (κ3) is 1.58. The van der Waals surface area contributed by atoms with Crippen molar-refractivity contribution in [1.82, 2.24) is 9.55 Å². The second-order valence-electron chi connectivity index (χ2n) is 5.44. The second kappa shape index (κ2) is 4.24. The number of fused-ring (bicyclic) bond motifs is 3. The summed E-state index contributed by atoms with van der Waals surface area (Å²) in [6, 6.07) is 0. The van der Waals surface area contributed by atoms with Gasteiger partial charge in [-0.3, -0.25) is 9.36 Å². The summed E-state index contributed by atoms with van der Waals surface area (Å²) in [5.41, 5.74) is 2.15. The van der Waals surface area contributed by atoms with Gasteiger partial charge in [-0.05, 0) is 37.3 Å². The third-order valence-corrected chi connectivity index (χ3v) is 4.91. The van der Waals surface area contributed by atoms with Gasteiger partial charge in [-0.2, -0.15) is 0 Å². The molecule has 106 valence electrons. The molecular formula is C16H15N3OS. The first kappa shape index (κ1) is 12.7. The Bertz CT molecular complexity index is 768. The van der Waals surface area contributed by atoms with Crippen molar-refractivity contribution in [1.29, 1.82) is 0 Å². The Morgan fingerprint density at radius 1 is 1.38 bits per heavy atom. The fourth-order valence-corrected chi connectivity index (χ4v) is 4.03. The molecule has 21 heavy (non-hydrogen) atoms. The van der Waals surface area contributed by atoms with E-state index in [0.29, 0.717) is 0 Å². The maximum atomic E-state index is 11.5. The predicted molar refractivity (Wildman–Crippen MR) is 84.9 cm³/mol. The summed E-state index contributed by atoms with van der Waals surface area (Å²) in [5.74, 6) is 0.895. The zero-order valence-electron chi connectivity index (χ0n) is 11.9. The van der Waals surface area contributed by atoms with Gasteiger partial charge in [0.05, 0.1) is 11.9 Å². The van der Waals surface area contributed by atoms with E-state index in [-0.39, 0.29) is 10.7 Å². The van der Waals surface area contributed by atoms with Crippen LogP contribution in [0.25, 0.3) is 5.70 Å². The zero-order valence-corrected chi connectivity index (χ0v) is 12.7. The minimum absolute atomic E-state index is 0.0754. The number of nitrogens with zero attached hydrogens (tertiary/aromatic N) is 3. The van der Waals surface area contributed by atoms with Crippen molar-refractivity contribution in [3.05, 3.63) is 48.4 Å². The Morgan fingerprint density at radius 2 is 2.24 bits per heavy atom. The average molecular weight is 297 g/mol. The van der Waals surface area contributed by atoms with Crippen LogP contribution in [0.2, 0.25) is 0 Å². The highest BCUT2D eigenvalue weighted by atomic mass is 32.2. The van der Waals surface area contributed by atoms with Crippen molar-refractivity contribution < 1.29 is 4.79 Å². The number of anilines is 1. The van der Waals surface area contributed by atoms with Crippen molar-refractivity contribution in [3.63, 3.8) is 0 Å². The standard InChI is InChI=1S/C16H15N3OS/c1-11-6-5-9-16-8-4-3-7-13(16)18-14(21-12(2)20)10-17-15(18)19(11)16/h3-7,9-10H,8H2,1-2H3. The zero-order chi connectivity index (χ0) is 14.6. The normalized spacial score (nSPS) is 25.1. The van der Waals surface area contributed by atoms with Gasteiger partial charge in [0.2, 0.25) is 5.95 Å². The Morgan fingerprint density at radius 3 is 3.05 bits per heavy atom. The fraction of sp³-hybridized carbons (Fsp3) is 0.250. The molecule has 0 amide bonds. The van der Waals surface area contributed by atoms with Gasteiger partial charge in [-0.1, -0.05) is 24.3 Å². The van der Waals surface area contributed by atoms with Crippen molar-refractivity contribution in [3.8, 4) is 0 Å². The van der Waals surface area contributed by atoms with Gasteiger partial charge in [0.25, 0.3) is 0 Å². The second-order valence-corrected chi connectivity index (χ2v) is 6.63. The first-order valence-electron chi connectivity index (χ1n) is 6.94. The molecule has 4 nitrogen and oxygen atoms in total. The molecule has 0 radical (unpaired) electrons. The smallest absolute Gasteiger partial charge is 0.216 e. The number of thioether (sulfide) groups is 1. The van der Waals surface area contributed by atoms with Crippen molar-refractivity contribution in [2.75, 3.05) is 4.90 Å². The average Bonchev–Trinajstić information content (AvgIpc) is 2.95. The van der Waals surface area contributed by atoms with E-state index in [1.807, 2.05) is 0 Å². The summed E-state index contributed by atoms with van der Waals surface area (Å²) in [5, 5.41) is 0.959. The Labute approximate surface area is 127 Å². The van der Waals surface area contributed by atoms with E-state index in [2.05, 4.69) is 57.8 Å². The Hall–Kier alpha value is -2.01. The number of carbonyl (C=O) groups is 1. The lowest BCUT2D eigenvalue weighted by molar-refractivity contribution is -0.109. The van der Waals surface area contributed by atoms with Crippen molar-refractivity contribution in [2.24, 2.45) is 0 Å². The van der Waals surface area contributed by atoms with Crippen LogP contribution in [-0.2, 0) is 4.79 Å². The molecule has 1 unspecified atom stereocenters. The molecule has 0 N–H and O–H groups in total. The third-order valence-electron chi connectivity index (χ3n) is 4.12. The SMILES string of the molecule is CC(=O)Sc1cnc2n1C1=CC=CCC13C=CC=C(C)N23. The quantitative estimate of drug-likeness (QED) is 0.745. The molecule has 0 saturated carbocycles. The van der Waals surface area contributed by atoms with Crippen LogP contribution in [0.1, 0.15) is 20.3 Å². The first-order chi connectivity index (χ1) is 10.1. The maximum absolute atomic E-state index is 11.5. The Balaban J connectivity index is 1.96. The predicted octanol–water partition coefficient (Wildman–Crippen LogP) is 3.35. The number of carbonyl (C=O) groups excluding carboxylic acids is 1. The van der Waals surface area contributed by atoms with Gasteiger partial charge >= 0.3 is 0 Å². The van der Waals surface area contributed by atoms with E-state index in [9.17, 15) is 4.79 Å². The number of rotatable bonds is 1. The van der Waals surface area contributed by atoms with Crippen LogP contribution in [0.4, 0.5) is 5.95 Å². The number of aromatic nitrogens is 2. The van der Waals surface area contributed by atoms with Gasteiger partial charge in [0.1, 0.15) is 10.6 Å². The summed E-state index contributed by atoms with van der Waals surface area (Å²) >= 11 is 1.24. The van der Waals surface area contributed by atoms with Gasteiger partial charge in [-0.15, -0.1) is 0 Å². The van der Waals surface area contributed by atoms with E-state index < -0.39 is 0 Å². The van der Waals surface area contributed by atoms with Crippen LogP contribution < -0.4 is 4.90 Å². The molecule has 1 aromatic heterocycles. The van der Waals surface area contributed by atoms with Crippen LogP contribution in [0.15, 0.2) is 53.4 Å².